The molecule has 0 aliphatic heterocycles. The van der Waals surface area contributed by atoms with Crippen molar-refractivity contribution in [2.24, 2.45) is 0 Å². The van der Waals surface area contributed by atoms with Crippen LogP contribution in [0.2, 0.25) is 5.02 Å². The number of carbonyl (C=O) groups excluding carboxylic acids is 2. The van der Waals surface area contributed by atoms with Gasteiger partial charge in [-0.15, -0.1) is 0 Å². The van der Waals surface area contributed by atoms with Gasteiger partial charge in [0.05, 0.1) is 23.7 Å². The molecule has 0 atom stereocenters. The van der Waals surface area contributed by atoms with E-state index in [1.807, 2.05) is 26.0 Å². The SMILES string of the molecule is Cc1ccc(NC(=O)CN(C)CC(=O)Nc2ccc(Cl)c(C(F)(F)F)c2)c(C)c1. The molecule has 0 unspecified atom stereocenters. The maximum absolute atomic E-state index is 12.9. The van der Waals surface area contributed by atoms with Crippen molar-refractivity contribution in [3.8, 4) is 0 Å². The smallest absolute Gasteiger partial charge is 0.325 e. The summed E-state index contributed by atoms with van der Waals surface area (Å²) in [6.07, 6.45) is -4.62. The summed E-state index contributed by atoms with van der Waals surface area (Å²) < 4.78 is 38.7. The van der Waals surface area contributed by atoms with Gasteiger partial charge in [0.1, 0.15) is 0 Å². The first kappa shape index (κ1) is 22.7. The molecule has 29 heavy (non-hydrogen) atoms. The Morgan fingerprint density at radius 1 is 1.00 bits per heavy atom. The van der Waals surface area contributed by atoms with Gasteiger partial charge in [-0.1, -0.05) is 29.3 Å². The van der Waals surface area contributed by atoms with Crippen LogP contribution in [0.4, 0.5) is 24.5 Å². The van der Waals surface area contributed by atoms with Crippen molar-refractivity contribution in [3.05, 3.63) is 58.1 Å². The maximum Gasteiger partial charge on any atom is 0.417 e. The second-order valence-electron chi connectivity index (χ2n) is 6.78. The summed E-state index contributed by atoms with van der Waals surface area (Å²) in [6.45, 7) is 3.59. The molecule has 0 heterocycles. The number of carbonyl (C=O) groups is 2. The molecule has 2 rings (SSSR count). The average molecular weight is 428 g/mol. The van der Waals surface area contributed by atoms with Crippen molar-refractivity contribution in [2.45, 2.75) is 20.0 Å². The number of likely N-dealkylation sites (N-methyl/N-ethyl adjacent to an activating group) is 1. The summed E-state index contributed by atoms with van der Waals surface area (Å²) in [5.41, 5.74) is 1.62. The van der Waals surface area contributed by atoms with Crippen LogP contribution in [0.25, 0.3) is 0 Å². The molecule has 2 N–H and O–H groups in total. The molecule has 2 aromatic carbocycles. The second kappa shape index (κ2) is 9.28. The molecule has 9 heteroatoms. The minimum absolute atomic E-state index is 0.0279. The third-order valence-corrected chi connectivity index (χ3v) is 4.37. The van der Waals surface area contributed by atoms with Crippen LogP contribution in [0, 0.1) is 13.8 Å². The molecule has 0 radical (unpaired) electrons. The molecule has 5 nitrogen and oxygen atoms in total. The summed E-state index contributed by atoms with van der Waals surface area (Å²) in [5, 5.41) is 4.70. The number of anilines is 2. The summed E-state index contributed by atoms with van der Waals surface area (Å²) in [7, 11) is 1.56. The van der Waals surface area contributed by atoms with Gasteiger partial charge in [0.15, 0.2) is 0 Å². The highest BCUT2D eigenvalue weighted by Gasteiger charge is 2.33. The number of hydrogen-bond acceptors (Lipinski definition) is 3. The molecule has 0 aliphatic carbocycles. The lowest BCUT2D eigenvalue weighted by atomic mass is 10.1. The van der Waals surface area contributed by atoms with Crippen LogP contribution in [-0.4, -0.2) is 36.9 Å². The van der Waals surface area contributed by atoms with Gasteiger partial charge < -0.3 is 10.6 Å². The van der Waals surface area contributed by atoms with Crippen LogP contribution >= 0.6 is 11.6 Å². The molecule has 0 bridgehead atoms. The Morgan fingerprint density at radius 2 is 1.62 bits per heavy atom. The fourth-order valence-corrected chi connectivity index (χ4v) is 2.94. The Labute approximate surface area is 171 Å². The van der Waals surface area contributed by atoms with Gasteiger partial charge in [-0.3, -0.25) is 14.5 Å². The Hall–Kier alpha value is -2.58. The largest absolute Gasteiger partial charge is 0.417 e. The Kier molecular flexibility index (Phi) is 7.26. The number of benzene rings is 2. The third kappa shape index (κ3) is 6.76. The van der Waals surface area contributed by atoms with Crippen LogP contribution in [0.1, 0.15) is 16.7 Å². The summed E-state index contributed by atoms with van der Waals surface area (Å²) in [5.74, 6) is -0.861. The number of amides is 2. The molecule has 0 aliphatic rings. The highest BCUT2D eigenvalue weighted by molar-refractivity contribution is 6.31. The van der Waals surface area contributed by atoms with Crippen molar-refractivity contribution in [1.82, 2.24) is 4.90 Å². The Balaban J connectivity index is 1.91. The van der Waals surface area contributed by atoms with Crippen molar-refractivity contribution in [2.75, 3.05) is 30.8 Å². The summed E-state index contributed by atoms with van der Waals surface area (Å²) in [6, 6.07) is 8.74. The van der Waals surface area contributed by atoms with E-state index in [0.717, 1.165) is 23.3 Å². The molecule has 2 amide bonds. The first-order valence-corrected chi connectivity index (χ1v) is 9.05. The maximum atomic E-state index is 12.9. The van der Waals surface area contributed by atoms with E-state index in [2.05, 4.69) is 10.6 Å². The Morgan fingerprint density at radius 3 is 2.21 bits per heavy atom. The van der Waals surface area contributed by atoms with Crippen molar-refractivity contribution >= 4 is 34.8 Å². The van der Waals surface area contributed by atoms with Crippen LogP contribution in [0.3, 0.4) is 0 Å². The molecule has 0 aromatic heterocycles. The molecule has 0 saturated carbocycles. The lowest BCUT2D eigenvalue weighted by molar-refractivity contribution is -0.137. The number of aryl methyl sites for hydroxylation is 2. The zero-order valence-electron chi connectivity index (χ0n) is 16.2. The molecule has 0 spiro atoms. The van der Waals surface area contributed by atoms with E-state index in [4.69, 9.17) is 11.6 Å². The third-order valence-electron chi connectivity index (χ3n) is 4.04. The lowest BCUT2D eigenvalue weighted by Crippen LogP contribution is -2.36. The molecule has 156 valence electrons. The van der Waals surface area contributed by atoms with Crippen molar-refractivity contribution in [3.63, 3.8) is 0 Å². The van der Waals surface area contributed by atoms with E-state index >= 15 is 0 Å². The molecule has 2 aromatic rings. The normalized spacial score (nSPS) is 11.4. The van der Waals surface area contributed by atoms with E-state index in [1.165, 1.54) is 11.0 Å². The number of nitrogens with zero attached hydrogens (tertiary/aromatic N) is 1. The van der Waals surface area contributed by atoms with Gasteiger partial charge in [-0.2, -0.15) is 13.2 Å². The fraction of sp³-hybridized carbons (Fsp3) is 0.300. The number of nitrogens with one attached hydrogen (secondary N) is 2. The molecule has 0 fully saturated rings. The van der Waals surface area contributed by atoms with Gasteiger partial charge in [0.2, 0.25) is 11.8 Å². The van der Waals surface area contributed by atoms with Crippen molar-refractivity contribution < 1.29 is 22.8 Å². The minimum atomic E-state index is -4.62. The van der Waals surface area contributed by atoms with E-state index in [1.54, 1.807) is 13.1 Å². The standard InChI is InChI=1S/C20H21ClF3N3O2/c1-12-4-7-17(13(2)8-12)26-19(29)11-27(3)10-18(28)25-14-5-6-16(21)15(9-14)20(22,23)24/h4-9H,10-11H2,1-3H3,(H,25,28)(H,26,29). The predicted molar refractivity (Wildman–Crippen MR) is 107 cm³/mol. The van der Waals surface area contributed by atoms with E-state index < -0.39 is 22.7 Å². The minimum Gasteiger partial charge on any atom is -0.325 e. The fourth-order valence-electron chi connectivity index (χ4n) is 2.71. The highest BCUT2D eigenvalue weighted by Crippen LogP contribution is 2.36. The zero-order chi connectivity index (χ0) is 21.8. The van der Waals surface area contributed by atoms with Gasteiger partial charge in [0, 0.05) is 11.4 Å². The highest BCUT2D eigenvalue weighted by atomic mass is 35.5. The average Bonchev–Trinajstić information content (AvgIpc) is 2.57. The van der Waals surface area contributed by atoms with Crippen molar-refractivity contribution in [1.29, 1.82) is 0 Å². The lowest BCUT2D eigenvalue weighted by Gasteiger charge is -2.17. The number of rotatable bonds is 6. The van der Waals surface area contributed by atoms with E-state index in [9.17, 15) is 22.8 Å². The van der Waals surface area contributed by atoms with Gasteiger partial charge >= 0.3 is 6.18 Å². The first-order chi connectivity index (χ1) is 13.5. The summed E-state index contributed by atoms with van der Waals surface area (Å²) >= 11 is 5.56. The molecule has 0 saturated heterocycles. The Bertz CT molecular complexity index is 916. The predicted octanol–water partition coefficient (Wildman–Crippen LogP) is 4.48. The van der Waals surface area contributed by atoms with Gasteiger partial charge in [-0.05, 0) is 50.7 Å². The van der Waals surface area contributed by atoms with Gasteiger partial charge in [-0.25, -0.2) is 0 Å². The quantitative estimate of drug-likeness (QED) is 0.714. The van der Waals surface area contributed by atoms with E-state index in [0.29, 0.717) is 5.69 Å². The number of alkyl halides is 3. The van der Waals surface area contributed by atoms with Crippen LogP contribution in [-0.2, 0) is 15.8 Å². The number of halogens is 4. The van der Waals surface area contributed by atoms with Crippen LogP contribution < -0.4 is 10.6 Å². The van der Waals surface area contributed by atoms with Gasteiger partial charge in [0.25, 0.3) is 0 Å². The van der Waals surface area contributed by atoms with Crippen LogP contribution in [0.15, 0.2) is 36.4 Å². The van der Waals surface area contributed by atoms with E-state index in [-0.39, 0.29) is 24.7 Å². The zero-order valence-corrected chi connectivity index (χ0v) is 16.9. The van der Waals surface area contributed by atoms with Crippen LogP contribution in [0.5, 0.6) is 0 Å². The first-order valence-electron chi connectivity index (χ1n) is 8.68. The number of hydrogen-bond donors (Lipinski definition) is 2. The second-order valence-corrected chi connectivity index (χ2v) is 7.19. The summed E-state index contributed by atoms with van der Waals surface area (Å²) in [4.78, 5) is 25.7. The molecular formula is C20H21ClF3N3O2. The topological polar surface area (TPSA) is 61.4 Å². The molecular weight excluding hydrogens is 407 g/mol. The monoisotopic (exact) mass is 427 g/mol.